The van der Waals surface area contributed by atoms with Crippen LogP contribution in [0.1, 0.15) is 17.0 Å². The van der Waals surface area contributed by atoms with Crippen LogP contribution in [0, 0.1) is 0 Å². The lowest BCUT2D eigenvalue weighted by molar-refractivity contribution is -0.137. The van der Waals surface area contributed by atoms with E-state index in [4.69, 9.17) is 15.5 Å². The number of nitrogens with two attached hydrogens (primary N) is 1. The highest BCUT2D eigenvalue weighted by atomic mass is 31.2. The van der Waals surface area contributed by atoms with Crippen LogP contribution in [0.3, 0.4) is 0 Å². The van der Waals surface area contributed by atoms with Crippen LogP contribution in [0.5, 0.6) is 0 Å². The largest absolute Gasteiger partial charge is 0.416 e. The molecule has 0 aliphatic heterocycles. The normalized spacial score (nSPS) is 14.1. The van der Waals surface area contributed by atoms with E-state index in [9.17, 15) is 13.2 Å². The van der Waals surface area contributed by atoms with Gasteiger partial charge in [0.2, 0.25) is 0 Å². The van der Waals surface area contributed by atoms with E-state index >= 15 is 0 Å². The minimum Gasteiger partial charge on any atom is -0.350 e. The Hall–Kier alpha value is -0.680. The molecular formula is C10H13F3NO2P. The van der Waals surface area contributed by atoms with E-state index in [0.717, 1.165) is 12.1 Å². The van der Waals surface area contributed by atoms with Gasteiger partial charge in [0, 0.05) is 12.1 Å². The van der Waals surface area contributed by atoms with Gasteiger partial charge in [-0.25, -0.2) is 0 Å². The van der Waals surface area contributed by atoms with Crippen molar-refractivity contribution < 1.29 is 23.0 Å². The van der Waals surface area contributed by atoms with E-state index in [2.05, 4.69) is 0 Å². The summed E-state index contributed by atoms with van der Waals surface area (Å²) in [7, 11) is -2.10. The Kier molecular flexibility index (Phi) is 4.89. The van der Waals surface area contributed by atoms with Gasteiger partial charge in [-0.3, -0.25) is 0 Å². The monoisotopic (exact) mass is 267 g/mol. The molecule has 1 rings (SSSR count). The van der Waals surface area contributed by atoms with E-state index in [1.165, 1.54) is 12.1 Å². The van der Waals surface area contributed by atoms with E-state index in [0.29, 0.717) is 5.56 Å². The Morgan fingerprint density at radius 1 is 1.18 bits per heavy atom. The molecule has 0 fully saturated rings. The summed E-state index contributed by atoms with van der Waals surface area (Å²) >= 11 is 0. The zero-order valence-electron chi connectivity index (χ0n) is 8.85. The van der Waals surface area contributed by atoms with Crippen molar-refractivity contribution in [2.75, 3.05) is 12.7 Å². The highest BCUT2D eigenvalue weighted by molar-refractivity contribution is 7.45. The van der Waals surface area contributed by atoms with Gasteiger partial charge in [-0.05, 0) is 24.2 Å². The molecule has 0 aliphatic rings. The first kappa shape index (κ1) is 14.4. The SMILES string of the molecule is NCC(CP(O)O)c1ccc(C(F)(F)F)cc1. The van der Waals surface area contributed by atoms with E-state index in [-0.39, 0.29) is 18.6 Å². The van der Waals surface area contributed by atoms with Gasteiger partial charge in [0.25, 0.3) is 0 Å². The van der Waals surface area contributed by atoms with Crippen LogP contribution in [0.15, 0.2) is 24.3 Å². The number of hydrogen-bond acceptors (Lipinski definition) is 3. The zero-order valence-corrected chi connectivity index (χ0v) is 9.75. The molecule has 1 atom stereocenters. The van der Waals surface area contributed by atoms with Crippen LogP contribution in [-0.2, 0) is 6.18 Å². The molecule has 0 radical (unpaired) electrons. The van der Waals surface area contributed by atoms with Gasteiger partial charge < -0.3 is 15.5 Å². The number of rotatable bonds is 4. The maximum absolute atomic E-state index is 12.3. The average molecular weight is 267 g/mol. The second-order valence-electron chi connectivity index (χ2n) is 3.61. The fourth-order valence-corrected chi connectivity index (χ4v) is 2.21. The smallest absolute Gasteiger partial charge is 0.350 e. The second kappa shape index (κ2) is 5.78. The molecule has 0 saturated heterocycles. The molecule has 0 amide bonds. The number of benzene rings is 1. The first-order valence-corrected chi connectivity index (χ1v) is 6.30. The lowest BCUT2D eigenvalue weighted by Gasteiger charge is -2.16. The van der Waals surface area contributed by atoms with Crippen LogP contribution in [0.25, 0.3) is 0 Å². The van der Waals surface area contributed by atoms with Crippen molar-refractivity contribution in [1.29, 1.82) is 0 Å². The quantitative estimate of drug-likeness (QED) is 0.731. The molecule has 4 N–H and O–H groups in total. The van der Waals surface area contributed by atoms with Crippen molar-refractivity contribution in [3.8, 4) is 0 Å². The van der Waals surface area contributed by atoms with Crippen molar-refractivity contribution in [1.82, 2.24) is 0 Å². The van der Waals surface area contributed by atoms with Crippen molar-refractivity contribution in [3.05, 3.63) is 35.4 Å². The number of halogens is 3. The molecule has 1 aromatic rings. The molecule has 0 saturated carbocycles. The van der Waals surface area contributed by atoms with Gasteiger partial charge >= 0.3 is 6.18 Å². The van der Waals surface area contributed by atoms with Gasteiger partial charge in [0.1, 0.15) is 0 Å². The minimum atomic E-state index is -4.36. The van der Waals surface area contributed by atoms with E-state index in [1.54, 1.807) is 0 Å². The summed E-state index contributed by atoms with van der Waals surface area (Å²) in [5, 5.41) is 0. The first-order chi connectivity index (χ1) is 7.84. The third-order valence-electron chi connectivity index (χ3n) is 2.38. The molecule has 3 nitrogen and oxygen atoms in total. The third kappa shape index (κ3) is 4.24. The fraction of sp³-hybridized carbons (Fsp3) is 0.400. The summed E-state index contributed by atoms with van der Waals surface area (Å²) in [5.74, 6) is -0.335. The Labute approximate surface area is 98.0 Å². The highest BCUT2D eigenvalue weighted by Gasteiger charge is 2.30. The third-order valence-corrected chi connectivity index (χ3v) is 3.14. The molecule has 0 aromatic heterocycles. The molecule has 96 valence electrons. The average Bonchev–Trinajstić information content (AvgIpc) is 2.24. The van der Waals surface area contributed by atoms with Crippen LogP contribution in [0.4, 0.5) is 13.2 Å². The van der Waals surface area contributed by atoms with Gasteiger partial charge in [-0.15, -0.1) is 0 Å². The minimum absolute atomic E-state index is 0.0667. The van der Waals surface area contributed by atoms with Crippen molar-refractivity contribution in [3.63, 3.8) is 0 Å². The van der Waals surface area contributed by atoms with Gasteiger partial charge in [0.05, 0.1) is 5.56 Å². The summed E-state index contributed by atoms with van der Waals surface area (Å²) in [6.45, 7) is 0.158. The first-order valence-electron chi connectivity index (χ1n) is 4.87. The maximum atomic E-state index is 12.3. The molecule has 1 aromatic carbocycles. The molecule has 0 spiro atoms. The van der Waals surface area contributed by atoms with Gasteiger partial charge in [0.15, 0.2) is 8.38 Å². The predicted molar refractivity (Wildman–Crippen MR) is 59.5 cm³/mol. The fourth-order valence-electron chi connectivity index (χ4n) is 1.46. The van der Waals surface area contributed by atoms with Crippen molar-refractivity contribution in [2.45, 2.75) is 12.1 Å². The summed E-state index contributed by atoms with van der Waals surface area (Å²) in [6.07, 6.45) is -4.30. The Morgan fingerprint density at radius 2 is 1.71 bits per heavy atom. The summed E-state index contributed by atoms with van der Waals surface area (Å²) in [5.41, 5.74) is 5.29. The molecule has 17 heavy (non-hydrogen) atoms. The van der Waals surface area contributed by atoms with Gasteiger partial charge in [-0.1, -0.05) is 12.1 Å². The second-order valence-corrected chi connectivity index (χ2v) is 4.72. The molecular weight excluding hydrogens is 254 g/mol. The van der Waals surface area contributed by atoms with Crippen molar-refractivity contribution >= 4 is 8.38 Å². The van der Waals surface area contributed by atoms with Crippen LogP contribution in [0.2, 0.25) is 0 Å². The van der Waals surface area contributed by atoms with Crippen LogP contribution < -0.4 is 5.73 Å². The van der Waals surface area contributed by atoms with Crippen LogP contribution >= 0.6 is 8.38 Å². The maximum Gasteiger partial charge on any atom is 0.416 e. The summed E-state index contributed by atoms with van der Waals surface area (Å²) in [6, 6.07) is 4.57. The van der Waals surface area contributed by atoms with E-state index in [1.807, 2.05) is 0 Å². The highest BCUT2D eigenvalue weighted by Crippen LogP contribution is 2.33. The summed E-state index contributed by atoms with van der Waals surface area (Å²) in [4.78, 5) is 17.8. The molecule has 7 heteroatoms. The van der Waals surface area contributed by atoms with Crippen molar-refractivity contribution in [2.24, 2.45) is 5.73 Å². The lowest BCUT2D eigenvalue weighted by atomic mass is 10.00. The molecule has 0 aliphatic carbocycles. The summed E-state index contributed by atoms with van der Waals surface area (Å²) < 4.78 is 36.9. The Bertz CT molecular complexity index is 354. The van der Waals surface area contributed by atoms with Gasteiger partial charge in [-0.2, -0.15) is 13.2 Å². The Morgan fingerprint density at radius 3 is 2.06 bits per heavy atom. The zero-order chi connectivity index (χ0) is 13.1. The van der Waals surface area contributed by atoms with Crippen LogP contribution in [-0.4, -0.2) is 22.5 Å². The standard InChI is InChI=1S/C10H13F3NO2P/c11-10(12,13)9-3-1-7(2-4-9)8(5-14)6-17(15)16/h1-4,8,15-16H,5-6,14H2. The molecule has 1 unspecified atom stereocenters. The Balaban J connectivity index is 2.85. The molecule has 0 heterocycles. The topological polar surface area (TPSA) is 66.5 Å². The number of hydrogen-bond donors (Lipinski definition) is 3. The predicted octanol–water partition coefficient (Wildman–Crippen LogP) is 2.04. The molecule has 0 bridgehead atoms. The lowest BCUT2D eigenvalue weighted by Crippen LogP contribution is -2.16. The number of alkyl halides is 3. The van der Waals surface area contributed by atoms with E-state index < -0.39 is 20.1 Å².